The quantitative estimate of drug-likeness (QED) is 0.388. The van der Waals surface area contributed by atoms with Crippen LogP contribution in [0.2, 0.25) is 5.15 Å². The van der Waals surface area contributed by atoms with E-state index < -0.39 is 11.9 Å². The summed E-state index contributed by atoms with van der Waals surface area (Å²) in [7, 11) is 1.24. The Labute approximate surface area is 121 Å². The van der Waals surface area contributed by atoms with Crippen molar-refractivity contribution in [1.82, 2.24) is 4.98 Å². The van der Waals surface area contributed by atoms with Crippen molar-refractivity contribution in [2.75, 3.05) is 13.7 Å². The van der Waals surface area contributed by atoms with E-state index in [0.717, 1.165) is 0 Å². The minimum atomic E-state index is -0.636. The Balaban J connectivity index is 2.93. The Morgan fingerprint density at radius 1 is 1.45 bits per heavy atom. The van der Waals surface area contributed by atoms with E-state index >= 15 is 0 Å². The van der Waals surface area contributed by atoms with Crippen LogP contribution in [0.3, 0.4) is 0 Å². The monoisotopic (exact) mass is 299 g/mol. The van der Waals surface area contributed by atoms with E-state index in [2.05, 4.69) is 9.72 Å². The first-order chi connectivity index (χ1) is 9.53. The van der Waals surface area contributed by atoms with E-state index in [9.17, 15) is 9.59 Å². The maximum Gasteiger partial charge on any atom is 0.356 e. The van der Waals surface area contributed by atoms with Gasteiger partial charge in [-0.25, -0.2) is 14.6 Å². The highest BCUT2D eigenvalue weighted by molar-refractivity contribution is 6.30. The van der Waals surface area contributed by atoms with Crippen LogP contribution in [0.1, 0.15) is 23.0 Å². The topological polar surface area (TPSA) is 85.7 Å². The second-order valence-electron chi connectivity index (χ2n) is 3.69. The first-order valence-corrected chi connectivity index (χ1v) is 6.15. The van der Waals surface area contributed by atoms with Crippen LogP contribution < -0.4 is 0 Å². The van der Waals surface area contributed by atoms with Gasteiger partial charge in [0.05, 0.1) is 25.6 Å². The van der Waals surface area contributed by atoms with Gasteiger partial charge in [0.2, 0.25) is 0 Å². The zero-order valence-corrected chi connectivity index (χ0v) is 11.8. The lowest BCUT2D eigenvalue weighted by molar-refractivity contribution is -0.138. The van der Waals surface area contributed by atoms with Gasteiger partial charge in [0.15, 0.2) is 0 Å². The molecule has 0 aliphatic rings. The van der Waals surface area contributed by atoms with Gasteiger partial charge in [0.1, 0.15) is 10.8 Å². The average molecular weight is 300 g/mol. The standard InChI is InChI=1S/C13H14ClNO5/c1-3-20-12(17)9(7-16)6-8-4-5-10(13(18)19-2)15-11(8)14/h4-5,7,16H,3,6H2,1-2H3. The first-order valence-electron chi connectivity index (χ1n) is 5.77. The van der Waals surface area contributed by atoms with Crippen molar-refractivity contribution >= 4 is 23.5 Å². The van der Waals surface area contributed by atoms with Crippen molar-refractivity contribution in [3.05, 3.63) is 40.4 Å². The number of aromatic nitrogens is 1. The third-order valence-corrected chi connectivity index (χ3v) is 2.72. The highest BCUT2D eigenvalue weighted by Crippen LogP contribution is 2.18. The molecule has 0 unspecified atom stereocenters. The summed E-state index contributed by atoms with van der Waals surface area (Å²) in [5.74, 6) is -1.25. The Bertz CT molecular complexity index is 542. The van der Waals surface area contributed by atoms with Gasteiger partial charge in [0.25, 0.3) is 0 Å². The number of pyridine rings is 1. The van der Waals surface area contributed by atoms with Gasteiger partial charge in [0, 0.05) is 6.42 Å². The number of ether oxygens (including phenoxy) is 2. The van der Waals surface area contributed by atoms with E-state index in [0.29, 0.717) is 11.8 Å². The maximum absolute atomic E-state index is 11.5. The molecule has 1 heterocycles. The Morgan fingerprint density at radius 3 is 2.65 bits per heavy atom. The smallest absolute Gasteiger partial charge is 0.356 e. The molecule has 0 aliphatic heterocycles. The molecule has 0 bridgehead atoms. The molecule has 0 saturated carbocycles. The Kier molecular flexibility index (Phi) is 5.99. The summed E-state index contributed by atoms with van der Waals surface area (Å²) < 4.78 is 9.30. The van der Waals surface area contributed by atoms with E-state index in [1.807, 2.05) is 0 Å². The fourth-order valence-corrected chi connectivity index (χ4v) is 1.63. The summed E-state index contributed by atoms with van der Waals surface area (Å²) in [6.07, 6.45) is 0.713. The first kappa shape index (κ1) is 16.0. The molecule has 0 radical (unpaired) electrons. The Morgan fingerprint density at radius 2 is 2.15 bits per heavy atom. The van der Waals surface area contributed by atoms with Crippen molar-refractivity contribution in [3.8, 4) is 0 Å². The molecule has 0 spiro atoms. The predicted molar refractivity (Wildman–Crippen MR) is 71.6 cm³/mol. The number of carbonyl (C=O) groups is 2. The fraction of sp³-hybridized carbons (Fsp3) is 0.308. The van der Waals surface area contributed by atoms with Crippen LogP contribution in [0.15, 0.2) is 24.0 Å². The number of hydrogen-bond acceptors (Lipinski definition) is 6. The van der Waals surface area contributed by atoms with Gasteiger partial charge >= 0.3 is 11.9 Å². The molecule has 0 atom stereocenters. The molecule has 1 rings (SSSR count). The number of carbonyl (C=O) groups excluding carboxylic acids is 2. The van der Waals surface area contributed by atoms with Crippen LogP contribution in [0.5, 0.6) is 0 Å². The third-order valence-electron chi connectivity index (χ3n) is 2.39. The molecule has 6 nitrogen and oxygen atoms in total. The minimum Gasteiger partial charge on any atom is -0.515 e. The van der Waals surface area contributed by atoms with Gasteiger partial charge in [-0.2, -0.15) is 0 Å². The second kappa shape index (κ2) is 7.49. The number of nitrogens with zero attached hydrogens (tertiary/aromatic N) is 1. The van der Waals surface area contributed by atoms with Crippen LogP contribution in [0, 0.1) is 0 Å². The van der Waals surface area contributed by atoms with Crippen molar-refractivity contribution in [2.24, 2.45) is 0 Å². The van der Waals surface area contributed by atoms with Crippen molar-refractivity contribution in [1.29, 1.82) is 0 Å². The van der Waals surface area contributed by atoms with E-state index in [-0.39, 0.29) is 29.4 Å². The maximum atomic E-state index is 11.5. The van der Waals surface area contributed by atoms with E-state index in [1.165, 1.54) is 19.2 Å². The summed E-state index contributed by atoms with van der Waals surface area (Å²) >= 11 is 5.93. The van der Waals surface area contributed by atoms with Gasteiger partial charge in [-0.1, -0.05) is 17.7 Å². The predicted octanol–water partition coefficient (Wildman–Crippen LogP) is 2.07. The largest absolute Gasteiger partial charge is 0.515 e. The van der Waals surface area contributed by atoms with Crippen LogP contribution in [0.25, 0.3) is 0 Å². The summed E-state index contributed by atoms with van der Waals surface area (Å²) in [6, 6.07) is 2.96. The highest BCUT2D eigenvalue weighted by Gasteiger charge is 2.16. The number of aliphatic hydroxyl groups excluding tert-OH is 1. The molecule has 0 aliphatic carbocycles. The minimum absolute atomic E-state index is 0.0429. The molecule has 0 aromatic carbocycles. The summed E-state index contributed by atoms with van der Waals surface area (Å²) in [4.78, 5) is 26.7. The number of esters is 2. The molecule has 0 amide bonds. The van der Waals surface area contributed by atoms with Crippen molar-refractivity contribution in [3.63, 3.8) is 0 Å². The van der Waals surface area contributed by atoms with Crippen molar-refractivity contribution in [2.45, 2.75) is 13.3 Å². The lowest BCUT2D eigenvalue weighted by Gasteiger charge is -2.08. The summed E-state index contributed by atoms with van der Waals surface area (Å²) in [6.45, 7) is 1.86. The average Bonchev–Trinajstić information content (AvgIpc) is 2.45. The van der Waals surface area contributed by atoms with E-state index in [4.69, 9.17) is 21.4 Å². The van der Waals surface area contributed by atoms with Gasteiger partial charge < -0.3 is 14.6 Å². The number of methoxy groups -OCH3 is 1. The SMILES string of the molecule is CCOC(=O)C(=CO)Cc1ccc(C(=O)OC)nc1Cl. The third kappa shape index (κ3) is 3.96. The fourth-order valence-electron chi connectivity index (χ4n) is 1.41. The van der Waals surface area contributed by atoms with Gasteiger partial charge in [-0.05, 0) is 18.6 Å². The van der Waals surface area contributed by atoms with Crippen LogP contribution >= 0.6 is 11.6 Å². The molecular formula is C13H14ClNO5. The number of aliphatic hydroxyl groups is 1. The molecule has 1 N–H and O–H groups in total. The molecule has 20 heavy (non-hydrogen) atoms. The number of rotatable bonds is 5. The lowest BCUT2D eigenvalue weighted by Crippen LogP contribution is -2.11. The summed E-state index contributed by atoms with van der Waals surface area (Å²) in [5, 5.41) is 9.11. The molecule has 1 aromatic rings. The molecule has 0 saturated heterocycles. The van der Waals surface area contributed by atoms with Gasteiger partial charge in [-0.15, -0.1) is 0 Å². The highest BCUT2D eigenvalue weighted by atomic mass is 35.5. The second-order valence-corrected chi connectivity index (χ2v) is 4.05. The van der Waals surface area contributed by atoms with Crippen molar-refractivity contribution < 1.29 is 24.2 Å². The lowest BCUT2D eigenvalue weighted by atomic mass is 10.1. The number of hydrogen-bond donors (Lipinski definition) is 1. The number of halogens is 1. The molecule has 7 heteroatoms. The Hall–Kier alpha value is -2.08. The molecular weight excluding hydrogens is 286 g/mol. The van der Waals surface area contributed by atoms with E-state index in [1.54, 1.807) is 6.92 Å². The molecule has 0 fully saturated rings. The van der Waals surface area contributed by atoms with Crippen LogP contribution in [0.4, 0.5) is 0 Å². The molecule has 108 valence electrons. The normalized spacial score (nSPS) is 11.1. The molecule has 1 aromatic heterocycles. The summed E-state index contributed by atoms with van der Waals surface area (Å²) in [5.41, 5.74) is 0.584. The zero-order valence-electron chi connectivity index (χ0n) is 11.1. The van der Waals surface area contributed by atoms with Gasteiger partial charge in [-0.3, -0.25) is 0 Å². The van der Waals surface area contributed by atoms with Crippen LogP contribution in [-0.2, 0) is 20.7 Å². The zero-order chi connectivity index (χ0) is 15.1. The van der Waals surface area contributed by atoms with Crippen LogP contribution in [-0.4, -0.2) is 35.7 Å².